The number of halogens is 1. The molecule has 0 unspecified atom stereocenters. The fourth-order valence-corrected chi connectivity index (χ4v) is 2.46. The van der Waals surface area contributed by atoms with Gasteiger partial charge in [-0.15, -0.1) is 11.3 Å². The molecule has 90 valence electrons. The summed E-state index contributed by atoms with van der Waals surface area (Å²) in [7, 11) is 0. The second kappa shape index (κ2) is 5.43. The van der Waals surface area contributed by atoms with E-state index in [4.69, 9.17) is 0 Å². The minimum atomic E-state index is -0.150. The zero-order chi connectivity index (χ0) is 12.3. The Morgan fingerprint density at radius 2 is 2.12 bits per heavy atom. The van der Waals surface area contributed by atoms with Crippen LogP contribution in [0.5, 0.6) is 0 Å². The summed E-state index contributed by atoms with van der Waals surface area (Å²) in [5.74, 6) is -0.150. The van der Waals surface area contributed by atoms with Crippen molar-refractivity contribution in [1.82, 2.24) is 5.32 Å². The molecule has 0 fully saturated rings. The smallest absolute Gasteiger partial charge is 0.131 e. The first-order valence-corrected chi connectivity index (χ1v) is 6.63. The highest BCUT2D eigenvalue weighted by molar-refractivity contribution is 7.10. The molecule has 17 heavy (non-hydrogen) atoms. The van der Waals surface area contributed by atoms with E-state index >= 15 is 0 Å². The lowest BCUT2D eigenvalue weighted by Crippen LogP contribution is -2.11. The van der Waals surface area contributed by atoms with Crippen molar-refractivity contribution in [3.05, 3.63) is 45.9 Å². The van der Waals surface area contributed by atoms with Crippen LogP contribution >= 0.6 is 11.3 Å². The largest absolute Gasteiger partial charge is 0.313 e. The molecule has 0 saturated carbocycles. The molecule has 1 aromatic carbocycles. The molecule has 2 aromatic rings. The van der Waals surface area contributed by atoms with Crippen molar-refractivity contribution in [3.63, 3.8) is 0 Å². The molecule has 2 rings (SSSR count). The zero-order valence-corrected chi connectivity index (χ0v) is 10.9. The van der Waals surface area contributed by atoms with Crippen LogP contribution in [-0.2, 0) is 6.54 Å². The fraction of sp³-hybridized carbons (Fsp3) is 0.286. The van der Waals surface area contributed by atoms with Gasteiger partial charge in [0.2, 0.25) is 0 Å². The highest BCUT2D eigenvalue weighted by atomic mass is 32.1. The number of thiophene rings is 1. The summed E-state index contributed by atoms with van der Waals surface area (Å²) >= 11 is 1.65. The van der Waals surface area contributed by atoms with Gasteiger partial charge < -0.3 is 5.32 Å². The molecule has 1 heterocycles. The summed E-state index contributed by atoms with van der Waals surface area (Å²) in [4.78, 5) is 1.21. The van der Waals surface area contributed by atoms with Gasteiger partial charge in [0, 0.05) is 17.0 Å². The summed E-state index contributed by atoms with van der Waals surface area (Å²) in [6.45, 7) is 5.80. The van der Waals surface area contributed by atoms with Crippen LogP contribution in [0, 0.1) is 12.7 Å². The first-order valence-electron chi connectivity index (χ1n) is 5.75. The van der Waals surface area contributed by atoms with E-state index in [9.17, 15) is 4.39 Å². The van der Waals surface area contributed by atoms with Crippen molar-refractivity contribution in [1.29, 1.82) is 0 Å². The average molecular weight is 249 g/mol. The van der Waals surface area contributed by atoms with Gasteiger partial charge in [-0.25, -0.2) is 4.39 Å². The highest BCUT2D eigenvalue weighted by Crippen LogP contribution is 2.28. The van der Waals surface area contributed by atoms with Crippen molar-refractivity contribution < 1.29 is 4.39 Å². The molecule has 0 atom stereocenters. The van der Waals surface area contributed by atoms with Crippen molar-refractivity contribution >= 4 is 11.3 Å². The molecular formula is C14H16FNS. The van der Waals surface area contributed by atoms with Crippen LogP contribution in [0.2, 0.25) is 0 Å². The molecule has 0 aliphatic carbocycles. The number of nitrogens with one attached hydrogen (secondary N) is 1. The lowest BCUT2D eigenvalue weighted by Gasteiger charge is -2.06. The Morgan fingerprint density at radius 3 is 2.76 bits per heavy atom. The maximum absolute atomic E-state index is 13.8. The Labute approximate surface area is 105 Å². The zero-order valence-electron chi connectivity index (χ0n) is 10.1. The summed E-state index contributed by atoms with van der Waals surface area (Å²) < 4.78 is 13.8. The number of rotatable bonds is 4. The Kier molecular flexibility index (Phi) is 3.92. The van der Waals surface area contributed by atoms with Crippen LogP contribution in [0.25, 0.3) is 11.1 Å². The maximum atomic E-state index is 13.8. The van der Waals surface area contributed by atoms with Gasteiger partial charge in [0.05, 0.1) is 0 Å². The van der Waals surface area contributed by atoms with Crippen molar-refractivity contribution in [2.75, 3.05) is 6.54 Å². The van der Waals surface area contributed by atoms with Gasteiger partial charge in [-0.1, -0.05) is 13.0 Å². The molecule has 1 aromatic heterocycles. The minimum Gasteiger partial charge on any atom is -0.313 e. The van der Waals surface area contributed by atoms with E-state index in [0.717, 1.165) is 24.2 Å². The molecule has 0 amide bonds. The monoisotopic (exact) mass is 249 g/mol. The summed E-state index contributed by atoms with van der Waals surface area (Å²) in [6.07, 6.45) is 0. The Balaban J connectivity index is 2.32. The van der Waals surface area contributed by atoms with Crippen LogP contribution < -0.4 is 5.32 Å². The van der Waals surface area contributed by atoms with Crippen LogP contribution in [0.15, 0.2) is 29.6 Å². The first-order chi connectivity index (χ1) is 8.20. The van der Waals surface area contributed by atoms with Gasteiger partial charge in [0.15, 0.2) is 0 Å². The van der Waals surface area contributed by atoms with Gasteiger partial charge in [-0.3, -0.25) is 0 Å². The van der Waals surface area contributed by atoms with Gasteiger partial charge in [-0.05, 0) is 48.2 Å². The van der Waals surface area contributed by atoms with E-state index in [1.165, 1.54) is 4.88 Å². The molecule has 0 saturated heterocycles. The lowest BCUT2D eigenvalue weighted by atomic mass is 10.0. The molecular weight excluding hydrogens is 233 g/mol. The summed E-state index contributed by atoms with van der Waals surface area (Å²) in [5, 5.41) is 5.25. The van der Waals surface area contributed by atoms with Crippen LogP contribution in [-0.4, -0.2) is 6.54 Å². The standard InChI is InChI=1S/C14H16FNS/c1-3-16-8-11-4-5-14(15)13(7-11)12-6-10(2)17-9-12/h4-7,9,16H,3,8H2,1-2H3. The second-order valence-corrected chi connectivity index (χ2v) is 5.16. The van der Waals surface area contributed by atoms with Gasteiger partial charge in [0.25, 0.3) is 0 Å². The number of benzene rings is 1. The molecule has 3 heteroatoms. The SMILES string of the molecule is CCNCc1ccc(F)c(-c2csc(C)c2)c1. The molecule has 0 aliphatic rings. The van der Waals surface area contributed by atoms with Gasteiger partial charge in [-0.2, -0.15) is 0 Å². The topological polar surface area (TPSA) is 12.0 Å². The lowest BCUT2D eigenvalue weighted by molar-refractivity contribution is 0.629. The fourth-order valence-electron chi connectivity index (χ4n) is 1.76. The Hall–Kier alpha value is -1.19. The van der Waals surface area contributed by atoms with Crippen molar-refractivity contribution in [3.8, 4) is 11.1 Å². The molecule has 0 radical (unpaired) electrons. The normalized spacial score (nSPS) is 10.8. The summed E-state index contributed by atoms with van der Waals surface area (Å²) in [6, 6.07) is 7.34. The molecule has 0 bridgehead atoms. The third-order valence-electron chi connectivity index (χ3n) is 2.65. The molecule has 0 aliphatic heterocycles. The second-order valence-electron chi connectivity index (χ2n) is 4.04. The predicted molar refractivity (Wildman–Crippen MR) is 71.8 cm³/mol. The first kappa shape index (κ1) is 12.3. The summed E-state index contributed by atoms with van der Waals surface area (Å²) in [5.41, 5.74) is 2.79. The number of hydrogen-bond donors (Lipinski definition) is 1. The third kappa shape index (κ3) is 2.93. The van der Waals surface area contributed by atoms with E-state index in [1.807, 2.05) is 30.5 Å². The predicted octanol–water partition coefficient (Wildman–Crippen LogP) is 3.97. The number of aryl methyl sites for hydroxylation is 1. The molecule has 0 spiro atoms. The average Bonchev–Trinajstić information content (AvgIpc) is 2.75. The Morgan fingerprint density at radius 1 is 1.29 bits per heavy atom. The van der Waals surface area contributed by atoms with Crippen molar-refractivity contribution in [2.45, 2.75) is 20.4 Å². The van der Waals surface area contributed by atoms with E-state index in [1.54, 1.807) is 17.4 Å². The van der Waals surface area contributed by atoms with E-state index in [2.05, 4.69) is 12.2 Å². The van der Waals surface area contributed by atoms with E-state index in [0.29, 0.717) is 5.56 Å². The van der Waals surface area contributed by atoms with Gasteiger partial charge in [0.1, 0.15) is 5.82 Å². The van der Waals surface area contributed by atoms with Crippen LogP contribution in [0.4, 0.5) is 4.39 Å². The molecule has 1 nitrogen and oxygen atoms in total. The van der Waals surface area contributed by atoms with Crippen molar-refractivity contribution in [2.24, 2.45) is 0 Å². The quantitative estimate of drug-likeness (QED) is 0.864. The van der Waals surface area contributed by atoms with Gasteiger partial charge >= 0.3 is 0 Å². The Bertz CT molecular complexity index is 505. The van der Waals surface area contributed by atoms with Crippen LogP contribution in [0.1, 0.15) is 17.4 Å². The van der Waals surface area contributed by atoms with E-state index < -0.39 is 0 Å². The molecule has 1 N–H and O–H groups in total. The number of hydrogen-bond acceptors (Lipinski definition) is 2. The van der Waals surface area contributed by atoms with Crippen LogP contribution in [0.3, 0.4) is 0 Å². The minimum absolute atomic E-state index is 0.150. The highest BCUT2D eigenvalue weighted by Gasteiger charge is 2.07. The maximum Gasteiger partial charge on any atom is 0.131 e. The third-order valence-corrected chi connectivity index (χ3v) is 3.51. The van der Waals surface area contributed by atoms with E-state index in [-0.39, 0.29) is 5.82 Å².